The van der Waals surface area contributed by atoms with Crippen LogP contribution in [0.3, 0.4) is 0 Å². The van der Waals surface area contributed by atoms with Gasteiger partial charge in [0.05, 0.1) is 26.7 Å². The molecule has 2 aliphatic rings. The van der Waals surface area contributed by atoms with Crippen LogP contribution in [0, 0.1) is 20.8 Å². The molecule has 1 unspecified atom stereocenters. The number of rotatable bonds is 4. The van der Waals surface area contributed by atoms with E-state index in [2.05, 4.69) is 39.8 Å². The van der Waals surface area contributed by atoms with E-state index in [4.69, 9.17) is 4.74 Å². The van der Waals surface area contributed by atoms with Gasteiger partial charge in [0.1, 0.15) is 5.75 Å². The Morgan fingerprint density at radius 2 is 1.61 bits per heavy atom. The van der Waals surface area contributed by atoms with Crippen molar-refractivity contribution in [1.29, 1.82) is 0 Å². The number of amides is 1. The van der Waals surface area contributed by atoms with Crippen LogP contribution in [0.5, 0.6) is 5.75 Å². The summed E-state index contributed by atoms with van der Waals surface area (Å²) in [5.41, 5.74) is 4.66. The molecule has 0 saturated carbocycles. The number of ether oxygens (including phenoxy) is 1. The summed E-state index contributed by atoms with van der Waals surface area (Å²) in [6.07, 6.45) is 3.51. The smallest absolute Gasteiger partial charge is 0.285 e. The summed E-state index contributed by atoms with van der Waals surface area (Å²) in [7, 11) is 1.69. The molecule has 5 heteroatoms. The van der Waals surface area contributed by atoms with Crippen LogP contribution < -0.4 is 9.64 Å². The molecule has 1 atom stereocenters. The van der Waals surface area contributed by atoms with E-state index in [9.17, 15) is 4.79 Å². The number of hydrogen-bond donors (Lipinski definition) is 0. The zero-order valence-electron chi connectivity index (χ0n) is 19.9. The second kappa shape index (κ2) is 11.6. The standard InChI is InChI=1S/C19H29N2O2.C7H8.Y/c1-5-21(10-6-7-11-21)17-8-9-20(19(17)22)18-14(2)12-16(23-4)13-15(18)3;1-7-5-3-2-4-6-7;/h12-13,17H,5-11H2,1-4H3;2-6H,1H3;/q+1;;. The maximum atomic E-state index is 13.2. The predicted octanol–water partition coefficient (Wildman–Crippen LogP) is 5.04. The minimum atomic E-state index is 0. The van der Waals surface area contributed by atoms with Crippen molar-refractivity contribution in [1.82, 2.24) is 0 Å². The fourth-order valence-corrected chi connectivity index (χ4v) is 5.20. The monoisotopic (exact) mass is 498 g/mol. The van der Waals surface area contributed by atoms with Crippen LogP contribution >= 0.6 is 0 Å². The van der Waals surface area contributed by atoms with Crippen molar-refractivity contribution in [3.05, 3.63) is 59.2 Å². The molecule has 2 aliphatic heterocycles. The molecule has 2 heterocycles. The molecule has 0 spiro atoms. The number of hydrogen-bond acceptors (Lipinski definition) is 2. The fraction of sp³-hybridized carbons (Fsp3) is 0.500. The maximum absolute atomic E-state index is 13.2. The average Bonchev–Trinajstić information content (AvgIpc) is 3.36. The number of carbonyl (C=O) groups excluding carboxylic acids is 1. The number of carbonyl (C=O) groups is 1. The van der Waals surface area contributed by atoms with Gasteiger partial charge in [0.25, 0.3) is 5.91 Å². The SMILES string of the molecule is CC[N+]1(C2CCN(c3c(C)cc(OC)cc3C)C2=O)CCCC1.Cc1ccccc1.[Y]. The van der Waals surface area contributed by atoms with Gasteiger partial charge in [0.15, 0.2) is 6.04 Å². The summed E-state index contributed by atoms with van der Waals surface area (Å²) < 4.78 is 6.35. The molecule has 1 amide bonds. The molecular weight excluding hydrogens is 461 g/mol. The van der Waals surface area contributed by atoms with Gasteiger partial charge < -0.3 is 14.1 Å². The van der Waals surface area contributed by atoms with E-state index in [1.807, 2.05) is 35.2 Å². The first kappa shape index (κ1) is 26.0. The van der Waals surface area contributed by atoms with Crippen LogP contribution in [0.4, 0.5) is 5.69 Å². The molecule has 1 radical (unpaired) electrons. The largest absolute Gasteiger partial charge is 0.497 e. The van der Waals surface area contributed by atoms with Crippen LogP contribution in [0.15, 0.2) is 42.5 Å². The fourth-order valence-electron chi connectivity index (χ4n) is 5.20. The Morgan fingerprint density at radius 1 is 1.03 bits per heavy atom. The third kappa shape index (κ3) is 5.77. The van der Waals surface area contributed by atoms with Crippen LogP contribution in [0.1, 0.15) is 42.9 Å². The Balaban J connectivity index is 0.000000364. The van der Waals surface area contributed by atoms with Crippen LogP contribution in [0.2, 0.25) is 0 Å². The van der Waals surface area contributed by atoms with E-state index in [1.165, 1.54) is 31.5 Å². The van der Waals surface area contributed by atoms with Gasteiger partial charge in [-0.1, -0.05) is 35.9 Å². The minimum Gasteiger partial charge on any atom is -0.497 e. The quantitative estimate of drug-likeness (QED) is 0.553. The number of quaternary nitrogens is 1. The molecule has 0 N–H and O–H groups in total. The Kier molecular flexibility index (Phi) is 9.73. The Labute approximate surface area is 213 Å². The van der Waals surface area contributed by atoms with E-state index in [0.29, 0.717) is 5.91 Å². The van der Waals surface area contributed by atoms with Gasteiger partial charge >= 0.3 is 0 Å². The first-order valence-corrected chi connectivity index (χ1v) is 11.3. The molecule has 0 aliphatic carbocycles. The van der Waals surface area contributed by atoms with Crippen molar-refractivity contribution in [2.24, 2.45) is 0 Å². The van der Waals surface area contributed by atoms with Gasteiger partial charge in [-0.15, -0.1) is 0 Å². The molecule has 165 valence electrons. The van der Waals surface area contributed by atoms with Crippen LogP contribution in [-0.2, 0) is 37.5 Å². The molecule has 4 nitrogen and oxygen atoms in total. The third-order valence-corrected chi connectivity index (χ3v) is 6.84. The molecule has 0 aromatic heterocycles. The van der Waals surface area contributed by atoms with E-state index in [-0.39, 0.29) is 38.8 Å². The van der Waals surface area contributed by atoms with Crippen molar-refractivity contribution in [2.75, 3.05) is 38.2 Å². The number of anilines is 1. The summed E-state index contributed by atoms with van der Waals surface area (Å²) in [6, 6.07) is 14.5. The van der Waals surface area contributed by atoms with Crippen LogP contribution in [-0.4, -0.2) is 49.7 Å². The van der Waals surface area contributed by atoms with E-state index >= 15 is 0 Å². The third-order valence-electron chi connectivity index (χ3n) is 6.84. The number of nitrogens with zero attached hydrogens (tertiary/aromatic N) is 2. The minimum absolute atomic E-state index is 0. The normalized spacial score (nSPS) is 19.5. The van der Waals surface area contributed by atoms with E-state index in [1.54, 1.807) is 7.11 Å². The second-order valence-electron chi connectivity index (χ2n) is 8.75. The zero-order chi connectivity index (χ0) is 21.7. The average molecular weight is 499 g/mol. The molecule has 31 heavy (non-hydrogen) atoms. The number of methoxy groups -OCH3 is 1. The van der Waals surface area contributed by atoms with Gasteiger partial charge in [-0.05, 0) is 51.0 Å². The summed E-state index contributed by atoms with van der Waals surface area (Å²) >= 11 is 0. The molecule has 0 bridgehead atoms. The van der Waals surface area contributed by atoms with Gasteiger partial charge in [-0.25, -0.2) is 0 Å². The van der Waals surface area contributed by atoms with Crippen molar-refractivity contribution in [3.8, 4) is 5.75 Å². The summed E-state index contributed by atoms with van der Waals surface area (Å²) in [6.45, 7) is 12.7. The number of likely N-dealkylation sites (N-methyl/N-ethyl adjacent to an activating group) is 1. The number of benzene rings is 2. The van der Waals surface area contributed by atoms with E-state index < -0.39 is 0 Å². The van der Waals surface area contributed by atoms with Gasteiger partial charge in [-0.2, -0.15) is 0 Å². The van der Waals surface area contributed by atoms with Crippen molar-refractivity contribution >= 4 is 11.6 Å². The molecule has 2 aromatic carbocycles. The first-order valence-electron chi connectivity index (χ1n) is 11.3. The van der Waals surface area contributed by atoms with Gasteiger partial charge in [-0.3, -0.25) is 4.79 Å². The topological polar surface area (TPSA) is 29.5 Å². The first-order chi connectivity index (χ1) is 14.4. The summed E-state index contributed by atoms with van der Waals surface area (Å²) in [5, 5.41) is 0. The second-order valence-corrected chi connectivity index (χ2v) is 8.75. The molecule has 2 saturated heterocycles. The van der Waals surface area contributed by atoms with Crippen molar-refractivity contribution in [3.63, 3.8) is 0 Å². The van der Waals surface area contributed by atoms with Crippen molar-refractivity contribution in [2.45, 2.75) is 53.0 Å². The zero-order valence-corrected chi connectivity index (χ0v) is 22.7. The predicted molar refractivity (Wildman–Crippen MR) is 124 cm³/mol. The maximum Gasteiger partial charge on any atom is 0.285 e. The van der Waals surface area contributed by atoms with Gasteiger partial charge in [0.2, 0.25) is 0 Å². The van der Waals surface area contributed by atoms with Crippen molar-refractivity contribution < 1.29 is 46.7 Å². The Morgan fingerprint density at radius 3 is 2.06 bits per heavy atom. The molecule has 2 aromatic rings. The van der Waals surface area contributed by atoms with E-state index in [0.717, 1.165) is 46.6 Å². The molecule has 2 fully saturated rings. The molecule has 4 rings (SSSR count). The van der Waals surface area contributed by atoms with Crippen LogP contribution in [0.25, 0.3) is 0 Å². The van der Waals surface area contributed by atoms with Gasteiger partial charge in [0, 0.05) is 64.2 Å². The Hall–Kier alpha value is -1.23. The summed E-state index contributed by atoms with van der Waals surface area (Å²) in [5.74, 6) is 1.19. The molecular formula is C26H37N2O2Y+. The number of likely N-dealkylation sites (tertiary alicyclic amines) is 1. The Bertz CT molecular complexity index is 840. The summed E-state index contributed by atoms with van der Waals surface area (Å²) in [4.78, 5) is 15.2. The number of aryl methyl sites for hydroxylation is 3.